The molecule has 3 nitrogen and oxygen atoms in total. The van der Waals surface area contributed by atoms with Crippen molar-refractivity contribution in [2.75, 3.05) is 0 Å². The maximum absolute atomic E-state index is 13.3. The molecule has 2 fully saturated rings. The Hall–Kier alpha value is -1.42. The molecule has 5 heteroatoms. The van der Waals surface area contributed by atoms with E-state index in [4.69, 9.17) is 23.2 Å². The standard InChI is InChI=1S/C23H27Cl2N2O/c24-20-9-8-16(12-21(20)25)13-22(28)23-19-7-3-2-6-17(19)14-18(26-23)15-27-10-4-1-5-11-27/h1,4-5,8-12,17-19,23,26H,2-3,6-7,13-15H2/q+1. The van der Waals surface area contributed by atoms with Crippen molar-refractivity contribution in [3.63, 3.8) is 0 Å². The van der Waals surface area contributed by atoms with Crippen molar-refractivity contribution in [1.29, 1.82) is 0 Å². The van der Waals surface area contributed by atoms with Gasteiger partial charge in [-0.05, 0) is 42.4 Å². The number of pyridine rings is 1. The molecule has 0 radical (unpaired) electrons. The van der Waals surface area contributed by atoms with Crippen LogP contribution in [0.2, 0.25) is 10.0 Å². The molecule has 4 unspecified atom stereocenters. The number of halogens is 2. The Morgan fingerprint density at radius 1 is 1.07 bits per heavy atom. The smallest absolute Gasteiger partial charge is 0.168 e. The van der Waals surface area contributed by atoms with Gasteiger partial charge >= 0.3 is 0 Å². The first-order valence-corrected chi connectivity index (χ1v) is 11.0. The monoisotopic (exact) mass is 417 g/mol. The summed E-state index contributed by atoms with van der Waals surface area (Å²) in [5, 5.41) is 4.76. The molecule has 1 aliphatic heterocycles. The molecular formula is C23H27Cl2N2O+. The van der Waals surface area contributed by atoms with Gasteiger partial charge in [0, 0.05) is 18.6 Å². The van der Waals surface area contributed by atoms with Gasteiger partial charge in [0.25, 0.3) is 0 Å². The zero-order valence-electron chi connectivity index (χ0n) is 16.0. The lowest BCUT2D eigenvalue weighted by molar-refractivity contribution is -0.700. The maximum atomic E-state index is 13.3. The summed E-state index contributed by atoms with van der Waals surface area (Å²) >= 11 is 12.2. The van der Waals surface area contributed by atoms with E-state index in [1.54, 1.807) is 6.07 Å². The summed E-state index contributed by atoms with van der Waals surface area (Å²) in [6.45, 7) is 0.903. The molecule has 1 saturated heterocycles. The molecule has 0 bridgehead atoms. The van der Waals surface area contributed by atoms with E-state index < -0.39 is 0 Å². The third-order valence-electron chi connectivity index (χ3n) is 6.32. The van der Waals surface area contributed by atoms with Crippen LogP contribution in [0.15, 0.2) is 48.8 Å². The SMILES string of the molecule is O=C(Cc1ccc(Cl)c(Cl)c1)C1NC(C[n+]2ccccc2)CC2CCCCC21. The van der Waals surface area contributed by atoms with Crippen molar-refractivity contribution >= 4 is 29.0 Å². The summed E-state index contributed by atoms with van der Waals surface area (Å²) in [4.78, 5) is 13.3. The number of nitrogens with zero attached hydrogens (tertiary/aromatic N) is 1. The number of rotatable bonds is 5. The zero-order chi connectivity index (χ0) is 19.5. The number of carbonyl (C=O) groups excluding carboxylic acids is 1. The van der Waals surface area contributed by atoms with Gasteiger partial charge in [0.1, 0.15) is 0 Å². The minimum atomic E-state index is -0.0668. The highest BCUT2D eigenvalue weighted by Crippen LogP contribution is 2.39. The Labute approximate surface area is 177 Å². The highest BCUT2D eigenvalue weighted by molar-refractivity contribution is 6.42. The summed E-state index contributed by atoms with van der Waals surface area (Å²) in [5.74, 6) is 1.38. The molecule has 0 spiro atoms. The predicted octanol–water partition coefficient (Wildman–Crippen LogP) is 4.63. The minimum absolute atomic E-state index is 0.0668. The van der Waals surface area contributed by atoms with Crippen molar-refractivity contribution in [2.45, 2.75) is 57.2 Å². The van der Waals surface area contributed by atoms with E-state index in [1.807, 2.05) is 18.2 Å². The third kappa shape index (κ3) is 4.59. The Balaban J connectivity index is 1.50. The zero-order valence-corrected chi connectivity index (χ0v) is 17.5. The van der Waals surface area contributed by atoms with Gasteiger partial charge in [-0.15, -0.1) is 0 Å². The average Bonchev–Trinajstić information content (AvgIpc) is 2.71. The lowest BCUT2D eigenvalue weighted by atomic mass is 9.68. The number of fused-ring (bicyclic) bond motifs is 1. The van der Waals surface area contributed by atoms with Crippen molar-refractivity contribution in [3.05, 3.63) is 64.4 Å². The van der Waals surface area contributed by atoms with Crippen LogP contribution >= 0.6 is 23.2 Å². The highest BCUT2D eigenvalue weighted by Gasteiger charge is 2.42. The van der Waals surface area contributed by atoms with E-state index in [0.717, 1.165) is 24.9 Å². The second-order valence-electron chi connectivity index (χ2n) is 8.25. The lowest BCUT2D eigenvalue weighted by Crippen LogP contribution is -2.59. The van der Waals surface area contributed by atoms with Crippen LogP contribution in [-0.2, 0) is 17.8 Å². The molecule has 28 heavy (non-hydrogen) atoms. The normalized spacial score (nSPS) is 27.2. The van der Waals surface area contributed by atoms with Gasteiger partial charge in [0.05, 0.1) is 22.1 Å². The highest BCUT2D eigenvalue weighted by atomic mass is 35.5. The number of aromatic nitrogens is 1. The first-order valence-electron chi connectivity index (χ1n) is 10.3. The number of nitrogens with one attached hydrogen (secondary N) is 1. The predicted molar refractivity (Wildman–Crippen MR) is 113 cm³/mol. The van der Waals surface area contributed by atoms with Crippen LogP contribution in [0.4, 0.5) is 0 Å². The van der Waals surface area contributed by atoms with E-state index in [2.05, 4.69) is 34.4 Å². The number of benzene rings is 1. The molecule has 1 saturated carbocycles. The molecule has 4 atom stereocenters. The average molecular weight is 418 g/mol. The number of hydrogen-bond acceptors (Lipinski definition) is 2. The number of Topliss-reactive ketones (excluding diaryl/α,β-unsaturated/α-hetero) is 1. The Bertz CT molecular complexity index is 827. The molecule has 1 aromatic heterocycles. The van der Waals surface area contributed by atoms with Crippen molar-refractivity contribution in [3.8, 4) is 0 Å². The number of ketones is 1. The Morgan fingerprint density at radius 2 is 1.86 bits per heavy atom. The van der Waals surface area contributed by atoms with Crippen LogP contribution in [0, 0.1) is 11.8 Å². The fourth-order valence-electron chi connectivity index (χ4n) is 5.01. The van der Waals surface area contributed by atoms with Gasteiger partial charge in [0.15, 0.2) is 24.7 Å². The van der Waals surface area contributed by atoms with Gasteiger partial charge < -0.3 is 0 Å². The maximum Gasteiger partial charge on any atom is 0.168 e. The largest absolute Gasteiger partial charge is 0.299 e. The molecule has 1 aliphatic carbocycles. The fourth-order valence-corrected chi connectivity index (χ4v) is 5.33. The molecule has 2 aliphatic rings. The molecule has 148 valence electrons. The van der Waals surface area contributed by atoms with Crippen LogP contribution in [0.5, 0.6) is 0 Å². The van der Waals surface area contributed by atoms with Crippen LogP contribution in [-0.4, -0.2) is 17.9 Å². The first kappa shape index (κ1) is 19.9. The molecule has 2 aromatic rings. The van der Waals surface area contributed by atoms with Crippen LogP contribution in [0.3, 0.4) is 0 Å². The van der Waals surface area contributed by atoms with Crippen molar-refractivity contribution in [1.82, 2.24) is 5.32 Å². The summed E-state index contributed by atoms with van der Waals surface area (Å²) in [7, 11) is 0. The summed E-state index contributed by atoms with van der Waals surface area (Å²) < 4.78 is 2.21. The van der Waals surface area contributed by atoms with Crippen LogP contribution in [0.25, 0.3) is 0 Å². The van der Waals surface area contributed by atoms with Gasteiger partial charge in [-0.1, -0.05) is 54.6 Å². The van der Waals surface area contributed by atoms with Crippen LogP contribution < -0.4 is 9.88 Å². The molecule has 1 N–H and O–H groups in total. The molecule has 2 heterocycles. The summed E-state index contributed by atoms with van der Waals surface area (Å²) in [6.07, 6.45) is 10.7. The van der Waals surface area contributed by atoms with Gasteiger partial charge in [-0.25, -0.2) is 4.57 Å². The molecule has 4 rings (SSSR count). The Kier molecular flexibility index (Phi) is 6.35. The third-order valence-corrected chi connectivity index (χ3v) is 7.06. The number of carbonyl (C=O) groups is 1. The van der Waals surface area contributed by atoms with Gasteiger partial charge in [0.2, 0.25) is 0 Å². The van der Waals surface area contributed by atoms with Gasteiger partial charge in [-0.2, -0.15) is 0 Å². The van der Waals surface area contributed by atoms with Crippen molar-refractivity contribution in [2.24, 2.45) is 11.8 Å². The molecule has 0 amide bonds. The van der Waals surface area contributed by atoms with E-state index >= 15 is 0 Å². The van der Waals surface area contributed by atoms with Gasteiger partial charge in [-0.3, -0.25) is 10.1 Å². The van der Waals surface area contributed by atoms with E-state index in [1.165, 1.54) is 19.3 Å². The molecular weight excluding hydrogens is 391 g/mol. The quantitative estimate of drug-likeness (QED) is 0.719. The first-order chi connectivity index (χ1) is 13.6. The lowest BCUT2D eigenvalue weighted by Gasteiger charge is -2.44. The molecule has 1 aromatic carbocycles. The number of hydrogen-bond donors (Lipinski definition) is 1. The van der Waals surface area contributed by atoms with E-state index in [9.17, 15) is 4.79 Å². The van der Waals surface area contributed by atoms with Crippen LogP contribution in [0.1, 0.15) is 37.7 Å². The second-order valence-corrected chi connectivity index (χ2v) is 9.06. The summed E-state index contributed by atoms with van der Waals surface area (Å²) in [5.41, 5.74) is 0.938. The van der Waals surface area contributed by atoms with E-state index in [0.29, 0.717) is 34.3 Å². The summed E-state index contributed by atoms with van der Waals surface area (Å²) in [6, 6.07) is 11.9. The number of piperidine rings is 1. The fraction of sp³-hybridized carbons (Fsp3) is 0.478. The second kappa shape index (κ2) is 8.94. The van der Waals surface area contributed by atoms with E-state index in [-0.39, 0.29) is 11.8 Å². The topological polar surface area (TPSA) is 33.0 Å². The Morgan fingerprint density at radius 3 is 2.64 bits per heavy atom. The van der Waals surface area contributed by atoms with Crippen molar-refractivity contribution < 1.29 is 9.36 Å². The minimum Gasteiger partial charge on any atom is -0.299 e.